The van der Waals surface area contributed by atoms with Crippen LogP contribution in [0.3, 0.4) is 0 Å². The predicted octanol–water partition coefficient (Wildman–Crippen LogP) is 0.196. The highest BCUT2D eigenvalue weighted by Gasteiger charge is 2.08. The van der Waals surface area contributed by atoms with E-state index in [0.29, 0.717) is 12.6 Å². The lowest BCUT2D eigenvalue weighted by Crippen LogP contribution is -2.30. The molecule has 0 aromatic heterocycles. The summed E-state index contributed by atoms with van der Waals surface area (Å²) < 4.78 is 0. The molecule has 0 saturated carbocycles. The molecule has 0 spiro atoms. The van der Waals surface area contributed by atoms with Gasteiger partial charge < -0.3 is 10.8 Å². The van der Waals surface area contributed by atoms with Crippen LogP contribution < -0.4 is 5.73 Å². The maximum atomic E-state index is 10.0. The Labute approximate surface area is 60.1 Å². The Bertz CT molecular complexity index is 119. The molecule has 0 aliphatic rings. The molecule has 0 heterocycles. The van der Waals surface area contributed by atoms with E-state index in [1.165, 1.54) is 0 Å². The van der Waals surface area contributed by atoms with Crippen molar-refractivity contribution in [2.75, 3.05) is 6.16 Å². The van der Waals surface area contributed by atoms with Crippen molar-refractivity contribution < 1.29 is 9.90 Å². The molecule has 3 nitrogen and oxygen atoms in total. The highest BCUT2D eigenvalue weighted by Crippen LogP contribution is 1.97. The van der Waals surface area contributed by atoms with Crippen LogP contribution in [0.1, 0.15) is 6.42 Å². The Morgan fingerprint density at radius 2 is 2.44 bits per heavy atom. The van der Waals surface area contributed by atoms with Crippen LogP contribution in [0.4, 0.5) is 0 Å². The minimum absolute atomic E-state index is 0.473. The molecule has 0 amide bonds. The fourth-order valence-corrected chi connectivity index (χ4v) is 1.02. The second kappa shape index (κ2) is 4.79. The molecule has 0 aliphatic carbocycles. The van der Waals surface area contributed by atoms with Gasteiger partial charge in [-0.2, -0.15) is 0 Å². The van der Waals surface area contributed by atoms with Gasteiger partial charge in [0, 0.05) is 6.16 Å². The van der Waals surface area contributed by atoms with Crippen molar-refractivity contribution in [3.05, 3.63) is 0 Å². The number of hydrogen-bond acceptors (Lipinski definition) is 3. The third kappa shape index (κ3) is 4.45. The summed E-state index contributed by atoms with van der Waals surface area (Å²) in [6.45, 7) is 0. The van der Waals surface area contributed by atoms with Gasteiger partial charge in [-0.1, -0.05) is 11.8 Å². The third-order valence-electron chi connectivity index (χ3n) is 0.849. The molecule has 3 N–H and O–H groups in total. The molecule has 0 radical (unpaired) electrons. The van der Waals surface area contributed by atoms with Crippen LogP contribution in [-0.2, 0) is 16.6 Å². The summed E-state index contributed by atoms with van der Waals surface area (Å²) in [6, 6.07) is -0.736. The molecular weight excluding hydrogens is 157 g/mol. The van der Waals surface area contributed by atoms with E-state index >= 15 is 0 Å². The summed E-state index contributed by atoms with van der Waals surface area (Å²) >= 11 is 4.58. The van der Waals surface area contributed by atoms with E-state index in [1.54, 1.807) is 0 Å². The number of carboxylic acid groups (broad SMARTS) is 1. The van der Waals surface area contributed by atoms with Crippen molar-refractivity contribution in [3.8, 4) is 0 Å². The van der Waals surface area contributed by atoms with Gasteiger partial charge in [-0.05, 0) is 13.8 Å². The van der Waals surface area contributed by atoms with Gasteiger partial charge in [0.25, 0.3) is 0 Å². The average molecular weight is 165 g/mol. The van der Waals surface area contributed by atoms with Crippen molar-refractivity contribution in [2.24, 2.45) is 5.73 Å². The van der Waals surface area contributed by atoms with E-state index in [1.807, 2.05) is 0 Å². The highest BCUT2D eigenvalue weighted by atomic mass is 32.4. The third-order valence-corrected chi connectivity index (χ3v) is 1.84. The molecule has 0 saturated heterocycles. The van der Waals surface area contributed by atoms with Crippen molar-refractivity contribution in [2.45, 2.75) is 12.5 Å². The molecule has 0 bridgehead atoms. The van der Waals surface area contributed by atoms with E-state index in [9.17, 15) is 4.79 Å². The lowest BCUT2D eigenvalue weighted by molar-refractivity contribution is -0.138. The number of aliphatic carboxylic acids is 1. The quantitative estimate of drug-likeness (QED) is 0.584. The molecule has 0 aromatic rings. The zero-order chi connectivity index (χ0) is 7.28. The van der Waals surface area contributed by atoms with E-state index in [0.717, 1.165) is 7.36 Å². The van der Waals surface area contributed by atoms with Crippen LogP contribution >= 0.6 is 7.36 Å². The summed E-state index contributed by atoms with van der Waals surface area (Å²) in [4.78, 5) is 10.0. The summed E-state index contributed by atoms with van der Waals surface area (Å²) in [5.41, 5.74) is 5.15. The second-order valence-corrected chi connectivity index (χ2v) is 3.07. The first-order valence-electron chi connectivity index (χ1n) is 2.46. The van der Waals surface area contributed by atoms with Crippen molar-refractivity contribution in [1.29, 1.82) is 0 Å². The Morgan fingerprint density at radius 3 is 2.78 bits per heavy atom. The number of carboxylic acids is 1. The molecular formula is C4H8NO2PS. The SMILES string of the molecule is N[C@@H](CCP=S)C(=O)O. The van der Waals surface area contributed by atoms with Crippen molar-refractivity contribution in [1.82, 2.24) is 0 Å². The van der Waals surface area contributed by atoms with Gasteiger partial charge in [-0.15, -0.1) is 0 Å². The Hall–Kier alpha value is -0.0500. The van der Waals surface area contributed by atoms with E-state index < -0.39 is 12.0 Å². The number of carbonyl (C=O) groups is 1. The van der Waals surface area contributed by atoms with E-state index in [-0.39, 0.29) is 0 Å². The predicted molar refractivity (Wildman–Crippen MR) is 39.4 cm³/mol. The molecule has 9 heavy (non-hydrogen) atoms. The zero-order valence-electron chi connectivity index (χ0n) is 4.78. The van der Waals surface area contributed by atoms with Gasteiger partial charge in [-0.3, -0.25) is 4.79 Å². The molecule has 0 aromatic carbocycles. The number of hydrogen-bond donors (Lipinski definition) is 2. The van der Waals surface area contributed by atoms with Gasteiger partial charge >= 0.3 is 5.97 Å². The maximum absolute atomic E-state index is 10.0. The van der Waals surface area contributed by atoms with Gasteiger partial charge in [0.2, 0.25) is 0 Å². The van der Waals surface area contributed by atoms with E-state index in [2.05, 4.69) is 11.8 Å². The number of rotatable bonds is 4. The second-order valence-electron chi connectivity index (χ2n) is 1.59. The van der Waals surface area contributed by atoms with Crippen LogP contribution in [0.25, 0.3) is 0 Å². The standard InChI is InChI=1S/C4H8NO2PS/c5-3(4(6)7)1-2-8-9/h3H,1-2,5H2,(H,6,7)/t3-/m0/s1. The van der Waals surface area contributed by atoms with E-state index in [4.69, 9.17) is 10.8 Å². The smallest absolute Gasteiger partial charge is 0.320 e. The molecule has 0 fully saturated rings. The molecule has 0 unspecified atom stereocenters. The topological polar surface area (TPSA) is 63.3 Å². The summed E-state index contributed by atoms with van der Waals surface area (Å²) in [5.74, 6) is -0.950. The van der Waals surface area contributed by atoms with Gasteiger partial charge in [0.1, 0.15) is 6.04 Å². The van der Waals surface area contributed by atoms with Crippen LogP contribution in [-0.4, -0.2) is 23.3 Å². The highest BCUT2D eigenvalue weighted by molar-refractivity contribution is 7.96. The summed E-state index contributed by atoms with van der Waals surface area (Å²) in [5, 5.41) is 8.25. The Morgan fingerprint density at radius 1 is 1.89 bits per heavy atom. The Kier molecular flexibility index (Phi) is 4.77. The lowest BCUT2D eigenvalue weighted by atomic mass is 10.2. The maximum Gasteiger partial charge on any atom is 0.320 e. The van der Waals surface area contributed by atoms with Gasteiger partial charge in [-0.25, -0.2) is 0 Å². The molecule has 5 heteroatoms. The summed E-state index contributed by atoms with van der Waals surface area (Å²) in [6.07, 6.45) is 1.16. The van der Waals surface area contributed by atoms with Crippen molar-refractivity contribution in [3.63, 3.8) is 0 Å². The lowest BCUT2D eigenvalue weighted by Gasteiger charge is -2.00. The number of nitrogens with two attached hydrogens (primary N) is 1. The average Bonchev–Trinajstić information content (AvgIpc) is 1.82. The van der Waals surface area contributed by atoms with Gasteiger partial charge in [0.05, 0.1) is 0 Å². The van der Waals surface area contributed by atoms with Crippen LogP contribution in [0, 0.1) is 0 Å². The minimum atomic E-state index is -0.950. The molecule has 1 atom stereocenters. The molecule has 0 rings (SSSR count). The van der Waals surface area contributed by atoms with Crippen molar-refractivity contribution >= 4 is 25.1 Å². The largest absolute Gasteiger partial charge is 0.480 e. The first-order chi connectivity index (χ1) is 4.18. The fourth-order valence-electron chi connectivity index (χ4n) is 0.315. The first-order valence-corrected chi connectivity index (χ1v) is 4.55. The van der Waals surface area contributed by atoms with Crippen LogP contribution in [0.15, 0.2) is 0 Å². The summed E-state index contributed by atoms with van der Waals surface area (Å²) in [7, 11) is 0.785. The molecule has 0 aliphatic heterocycles. The minimum Gasteiger partial charge on any atom is -0.480 e. The van der Waals surface area contributed by atoms with Crippen LogP contribution in [0.5, 0.6) is 0 Å². The first kappa shape index (κ1) is 8.95. The molecule has 52 valence electrons. The fraction of sp³-hybridized carbons (Fsp3) is 0.750. The van der Waals surface area contributed by atoms with Crippen LogP contribution in [0.2, 0.25) is 0 Å². The Balaban J connectivity index is 3.37. The normalized spacial score (nSPS) is 13.4. The van der Waals surface area contributed by atoms with Gasteiger partial charge in [0.15, 0.2) is 0 Å². The monoisotopic (exact) mass is 165 g/mol. The zero-order valence-corrected chi connectivity index (χ0v) is 6.49.